The van der Waals surface area contributed by atoms with Gasteiger partial charge in [0.25, 0.3) is 5.91 Å². The van der Waals surface area contributed by atoms with Gasteiger partial charge < -0.3 is 19.1 Å². The van der Waals surface area contributed by atoms with E-state index in [1.165, 1.54) is 0 Å². The maximum atomic E-state index is 13.9. The molecule has 10 heteroatoms. The van der Waals surface area contributed by atoms with Crippen molar-refractivity contribution in [1.82, 2.24) is 14.7 Å². The summed E-state index contributed by atoms with van der Waals surface area (Å²) in [6.07, 6.45) is 0.504. The number of fused-ring (bicyclic) bond motifs is 3. The standard InChI is InChI=1S/C25H24BrCl2N3O4/c1-25(2)13-34-7-5-30(25)24(32)22-17-4-6-35-20-12-21(33-3)19(26)11-18(20)23(17)31(29-22)16-9-14(27)8-15(28)10-16/h8-12H,4-7,13H2,1-3H3. The predicted octanol–water partition coefficient (Wildman–Crippen LogP) is 5.80. The summed E-state index contributed by atoms with van der Waals surface area (Å²) in [5.74, 6) is 1.15. The highest BCUT2D eigenvalue weighted by molar-refractivity contribution is 9.10. The molecule has 0 spiro atoms. The van der Waals surface area contributed by atoms with Crippen LogP contribution in [0.1, 0.15) is 29.9 Å². The first-order valence-electron chi connectivity index (χ1n) is 11.2. The molecule has 0 bridgehead atoms. The Balaban J connectivity index is 1.76. The number of ether oxygens (including phenoxy) is 3. The van der Waals surface area contributed by atoms with E-state index in [9.17, 15) is 4.79 Å². The van der Waals surface area contributed by atoms with Crippen LogP contribution in [-0.4, -0.2) is 59.6 Å². The second-order valence-electron chi connectivity index (χ2n) is 9.12. The van der Waals surface area contributed by atoms with Gasteiger partial charge in [0.1, 0.15) is 11.5 Å². The number of morpholine rings is 1. The van der Waals surface area contributed by atoms with Gasteiger partial charge in [0.2, 0.25) is 0 Å². The van der Waals surface area contributed by atoms with Crippen molar-refractivity contribution in [3.63, 3.8) is 0 Å². The van der Waals surface area contributed by atoms with E-state index in [1.54, 1.807) is 30.0 Å². The zero-order valence-electron chi connectivity index (χ0n) is 19.5. The lowest BCUT2D eigenvalue weighted by Gasteiger charge is -2.41. The summed E-state index contributed by atoms with van der Waals surface area (Å²) in [4.78, 5) is 15.8. The van der Waals surface area contributed by atoms with Crippen LogP contribution in [0.3, 0.4) is 0 Å². The van der Waals surface area contributed by atoms with E-state index in [0.29, 0.717) is 65.7 Å². The Hall–Kier alpha value is -2.26. The Labute approximate surface area is 222 Å². The molecular formula is C25H24BrCl2N3O4. The minimum Gasteiger partial charge on any atom is -0.495 e. The number of aromatic nitrogens is 2. The van der Waals surface area contributed by atoms with Gasteiger partial charge in [-0.25, -0.2) is 4.68 Å². The van der Waals surface area contributed by atoms with Crippen molar-refractivity contribution in [2.75, 3.05) is 33.5 Å². The smallest absolute Gasteiger partial charge is 0.275 e. The number of hydrogen-bond donors (Lipinski definition) is 0. The van der Waals surface area contributed by atoms with Gasteiger partial charge in [0.05, 0.1) is 48.3 Å². The van der Waals surface area contributed by atoms with Crippen molar-refractivity contribution < 1.29 is 19.0 Å². The maximum Gasteiger partial charge on any atom is 0.275 e. The molecule has 0 unspecified atom stereocenters. The van der Waals surface area contributed by atoms with Crippen LogP contribution in [-0.2, 0) is 11.2 Å². The van der Waals surface area contributed by atoms with E-state index in [2.05, 4.69) is 15.9 Å². The van der Waals surface area contributed by atoms with Crippen LogP contribution in [0.15, 0.2) is 34.8 Å². The number of benzene rings is 2. The van der Waals surface area contributed by atoms with Crippen LogP contribution in [0.2, 0.25) is 10.0 Å². The summed E-state index contributed by atoms with van der Waals surface area (Å²) in [6, 6.07) is 8.98. The fourth-order valence-corrected chi connectivity index (χ4v) is 5.63. The van der Waals surface area contributed by atoms with Gasteiger partial charge in [-0.2, -0.15) is 5.10 Å². The average Bonchev–Trinajstić information content (AvgIpc) is 3.08. The maximum absolute atomic E-state index is 13.9. The fourth-order valence-electron chi connectivity index (χ4n) is 4.61. The fraction of sp³-hybridized carbons (Fsp3) is 0.360. The van der Waals surface area contributed by atoms with Gasteiger partial charge in [-0.3, -0.25) is 4.79 Å². The molecule has 0 aliphatic carbocycles. The number of nitrogens with zero attached hydrogens (tertiary/aromatic N) is 3. The molecule has 2 aliphatic rings. The number of hydrogen-bond acceptors (Lipinski definition) is 5. The Morgan fingerprint density at radius 3 is 2.57 bits per heavy atom. The number of carbonyl (C=O) groups is 1. The monoisotopic (exact) mass is 579 g/mol. The number of rotatable bonds is 3. The summed E-state index contributed by atoms with van der Waals surface area (Å²) < 4.78 is 19.7. The third-order valence-corrected chi connectivity index (χ3v) is 7.34. The van der Waals surface area contributed by atoms with Gasteiger partial charge in [-0.15, -0.1) is 0 Å². The van der Waals surface area contributed by atoms with E-state index >= 15 is 0 Å². The van der Waals surface area contributed by atoms with Gasteiger partial charge in [-0.1, -0.05) is 23.2 Å². The molecule has 3 aromatic rings. The van der Waals surface area contributed by atoms with Gasteiger partial charge in [0.15, 0.2) is 5.69 Å². The molecule has 35 heavy (non-hydrogen) atoms. The van der Waals surface area contributed by atoms with Gasteiger partial charge in [0, 0.05) is 40.2 Å². The van der Waals surface area contributed by atoms with Crippen molar-refractivity contribution in [2.45, 2.75) is 25.8 Å². The first kappa shape index (κ1) is 24.4. The zero-order valence-corrected chi connectivity index (χ0v) is 22.6. The third-order valence-electron chi connectivity index (χ3n) is 6.29. The summed E-state index contributed by atoms with van der Waals surface area (Å²) >= 11 is 16.3. The molecule has 1 amide bonds. The molecule has 2 aliphatic heterocycles. The quantitative estimate of drug-likeness (QED) is 0.391. The van der Waals surface area contributed by atoms with Crippen molar-refractivity contribution >= 4 is 45.0 Å². The lowest BCUT2D eigenvalue weighted by molar-refractivity contribution is -0.0373. The summed E-state index contributed by atoms with van der Waals surface area (Å²) in [5.41, 5.74) is 2.93. The summed E-state index contributed by atoms with van der Waals surface area (Å²) in [7, 11) is 1.60. The molecule has 1 saturated heterocycles. The molecule has 1 fully saturated rings. The zero-order chi connectivity index (χ0) is 24.9. The first-order chi connectivity index (χ1) is 16.7. The second-order valence-corrected chi connectivity index (χ2v) is 10.8. The molecule has 0 saturated carbocycles. The van der Waals surface area contributed by atoms with Crippen molar-refractivity contribution in [3.05, 3.63) is 56.1 Å². The molecule has 1 aromatic heterocycles. The number of halogens is 3. The normalized spacial score (nSPS) is 16.7. The molecular weight excluding hydrogens is 557 g/mol. The highest BCUT2D eigenvalue weighted by atomic mass is 79.9. The lowest BCUT2D eigenvalue weighted by Crippen LogP contribution is -2.55. The number of methoxy groups -OCH3 is 1. The minimum atomic E-state index is -0.457. The SMILES string of the molecule is COc1cc2c(cc1Br)-c1c(c(C(=O)N3CCOCC3(C)C)nn1-c1cc(Cl)cc(Cl)c1)CCO2. The number of amides is 1. The minimum absolute atomic E-state index is 0.141. The summed E-state index contributed by atoms with van der Waals surface area (Å²) in [5, 5.41) is 5.81. The van der Waals surface area contributed by atoms with E-state index in [4.69, 9.17) is 42.5 Å². The van der Waals surface area contributed by atoms with Crippen molar-refractivity contribution in [3.8, 4) is 28.4 Å². The molecule has 7 nitrogen and oxygen atoms in total. The Morgan fingerprint density at radius 2 is 1.89 bits per heavy atom. The Kier molecular flexibility index (Phi) is 6.50. The molecule has 2 aromatic carbocycles. The van der Waals surface area contributed by atoms with Gasteiger partial charge >= 0.3 is 0 Å². The highest BCUT2D eigenvalue weighted by Gasteiger charge is 2.38. The molecule has 0 atom stereocenters. The van der Waals surface area contributed by atoms with Crippen molar-refractivity contribution in [2.24, 2.45) is 0 Å². The van der Waals surface area contributed by atoms with E-state index < -0.39 is 5.54 Å². The highest BCUT2D eigenvalue weighted by Crippen LogP contribution is 2.44. The average molecular weight is 581 g/mol. The topological polar surface area (TPSA) is 65.8 Å². The van der Waals surface area contributed by atoms with Crippen LogP contribution in [0.25, 0.3) is 16.9 Å². The van der Waals surface area contributed by atoms with Crippen LogP contribution >= 0.6 is 39.1 Å². The summed E-state index contributed by atoms with van der Waals surface area (Å²) in [6.45, 7) is 5.83. The lowest BCUT2D eigenvalue weighted by atomic mass is 9.99. The molecule has 184 valence electrons. The Bertz CT molecular complexity index is 1300. The van der Waals surface area contributed by atoms with E-state index in [-0.39, 0.29) is 5.91 Å². The molecule has 0 radical (unpaired) electrons. The van der Waals surface area contributed by atoms with Crippen LogP contribution in [0.5, 0.6) is 11.5 Å². The van der Waals surface area contributed by atoms with Crippen molar-refractivity contribution in [1.29, 1.82) is 0 Å². The number of carbonyl (C=O) groups excluding carboxylic acids is 1. The molecule has 3 heterocycles. The Morgan fingerprint density at radius 1 is 1.14 bits per heavy atom. The molecule has 5 rings (SSSR count). The van der Waals surface area contributed by atoms with Crippen LogP contribution in [0.4, 0.5) is 0 Å². The molecule has 0 N–H and O–H groups in total. The van der Waals surface area contributed by atoms with Crippen LogP contribution in [0, 0.1) is 0 Å². The largest absolute Gasteiger partial charge is 0.495 e. The third kappa shape index (κ3) is 4.42. The van der Waals surface area contributed by atoms with E-state index in [1.807, 2.05) is 30.9 Å². The first-order valence-corrected chi connectivity index (χ1v) is 12.7. The van der Waals surface area contributed by atoms with Crippen LogP contribution < -0.4 is 9.47 Å². The van der Waals surface area contributed by atoms with Gasteiger partial charge in [-0.05, 0) is 54.0 Å². The predicted molar refractivity (Wildman–Crippen MR) is 138 cm³/mol. The second kappa shape index (κ2) is 9.32. The van der Waals surface area contributed by atoms with E-state index in [0.717, 1.165) is 21.3 Å².